The number of rotatable bonds is 3. The SMILES string of the molecule is Cc1ccccc1NC(=O)c1cc(Br)c(Cl)cc1CO. The molecule has 2 rings (SSSR count). The van der Waals surface area contributed by atoms with Gasteiger partial charge in [-0.15, -0.1) is 0 Å². The number of hydrogen-bond donors (Lipinski definition) is 2. The van der Waals surface area contributed by atoms with Crippen molar-refractivity contribution in [3.63, 3.8) is 0 Å². The van der Waals surface area contributed by atoms with Crippen LogP contribution in [0.3, 0.4) is 0 Å². The molecule has 20 heavy (non-hydrogen) atoms. The summed E-state index contributed by atoms with van der Waals surface area (Å²) in [7, 11) is 0. The molecule has 0 aliphatic heterocycles. The monoisotopic (exact) mass is 353 g/mol. The van der Waals surface area contributed by atoms with E-state index in [1.54, 1.807) is 12.1 Å². The van der Waals surface area contributed by atoms with Crippen LogP contribution in [0.25, 0.3) is 0 Å². The minimum Gasteiger partial charge on any atom is -0.392 e. The first-order valence-electron chi connectivity index (χ1n) is 5.98. The van der Waals surface area contributed by atoms with Crippen LogP contribution in [0.2, 0.25) is 5.02 Å². The Morgan fingerprint density at radius 2 is 2.05 bits per heavy atom. The fourth-order valence-electron chi connectivity index (χ4n) is 1.83. The van der Waals surface area contributed by atoms with Crippen molar-refractivity contribution in [3.05, 3.63) is 62.6 Å². The van der Waals surface area contributed by atoms with E-state index < -0.39 is 0 Å². The summed E-state index contributed by atoms with van der Waals surface area (Å²) >= 11 is 9.25. The molecule has 0 aromatic heterocycles. The van der Waals surface area contributed by atoms with E-state index >= 15 is 0 Å². The minimum atomic E-state index is -0.277. The van der Waals surface area contributed by atoms with Crippen LogP contribution in [-0.4, -0.2) is 11.0 Å². The van der Waals surface area contributed by atoms with Gasteiger partial charge >= 0.3 is 0 Å². The molecular weight excluding hydrogens is 342 g/mol. The average Bonchev–Trinajstić information content (AvgIpc) is 2.43. The standard InChI is InChI=1S/C15H13BrClNO2/c1-9-4-2-3-5-14(9)18-15(20)11-7-12(16)13(17)6-10(11)8-19/h2-7,19H,8H2,1H3,(H,18,20). The largest absolute Gasteiger partial charge is 0.392 e. The van der Waals surface area contributed by atoms with E-state index in [0.29, 0.717) is 20.6 Å². The maximum absolute atomic E-state index is 12.3. The van der Waals surface area contributed by atoms with Crippen LogP contribution in [0.1, 0.15) is 21.5 Å². The molecule has 0 radical (unpaired) electrons. The summed E-state index contributed by atoms with van der Waals surface area (Å²) in [6.45, 7) is 1.67. The van der Waals surface area contributed by atoms with Crippen LogP contribution in [0.15, 0.2) is 40.9 Å². The Hall–Kier alpha value is -1.36. The Labute approximate surface area is 130 Å². The molecule has 0 atom stereocenters. The number of carbonyl (C=O) groups is 1. The first-order chi connectivity index (χ1) is 9.52. The van der Waals surface area contributed by atoms with Crippen LogP contribution >= 0.6 is 27.5 Å². The Bertz CT molecular complexity index is 658. The number of aliphatic hydroxyl groups is 1. The minimum absolute atomic E-state index is 0.247. The topological polar surface area (TPSA) is 49.3 Å². The fraction of sp³-hybridized carbons (Fsp3) is 0.133. The molecule has 3 nitrogen and oxygen atoms in total. The molecule has 2 N–H and O–H groups in total. The second kappa shape index (κ2) is 6.39. The van der Waals surface area contributed by atoms with Gasteiger partial charge in [-0.1, -0.05) is 29.8 Å². The van der Waals surface area contributed by atoms with Crippen molar-refractivity contribution in [1.82, 2.24) is 0 Å². The van der Waals surface area contributed by atoms with Gasteiger partial charge in [-0.3, -0.25) is 4.79 Å². The second-order valence-corrected chi connectivity index (χ2v) is 5.61. The Morgan fingerprint density at radius 1 is 1.35 bits per heavy atom. The summed E-state index contributed by atoms with van der Waals surface area (Å²) in [6.07, 6.45) is 0. The number of hydrogen-bond acceptors (Lipinski definition) is 2. The molecule has 0 bridgehead atoms. The predicted octanol–water partition coefficient (Wildman–Crippen LogP) is 4.16. The zero-order valence-electron chi connectivity index (χ0n) is 10.8. The number of halogens is 2. The lowest BCUT2D eigenvalue weighted by Crippen LogP contribution is -2.15. The number of aryl methyl sites for hydroxylation is 1. The van der Waals surface area contributed by atoms with Crippen LogP contribution in [0.4, 0.5) is 5.69 Å². The highest BCUT2D eigenvalue weighted by Crippen LogP contribution is 2.27. The second-order valence-electron chi connectivity index (χ2n) is 4.35. The first kappa shape index (κ1) is 15.0. The van der Waals surface area contributed by atoms with Gasteiger partial charge in [-0.05, 0) is 52.2 Å². The van der Waals surface area contributed by atoms with Crippen molar-refractivity contribution >= 4 is 39.1 Å². The molecule has 1 amide bonds. The lowest BCUT2D eigenvalue weighted by Gasteiger charge is -2.12. The van der Waals surface area contributed by atoms with Crippen molar-refractivity contribution in [2.75, 3.05) is 5.32 Å². The zero-order valence-corrected chi connectivity index (χ0v) is 13.1. The fourth-order valence-corrected chi connectivity index (χ4v) is 2.36. The van der Waals surface area contributed by atoms with E-state index in [9.17, 15) is 9.90 Å². The summed E-state index contributed by atoms with van der Waals surface area (Å²) in [4.78, 5) is 12.3. The molecule has 2 aromatic carbocycles. The molecule has 0 heterocycles. The van der Waals surface area contributed by atoms with Crippen molar-refractivity contribution in [1.29, 1.82) is 0 Å². The zero-order chi connectivity index (χ0) is 14.7. The number of anilines is 1. The third-order valence-electron chi connectivity index (χ3n) is 2.95. The molecule has 0 saturated carbocycles. The van der Waals surface area contributed by atoms with Crippen LogP contribution < -0.4 is 5.32 Å². The van der Waals surface area contributed by atoms with Crippen molar-refractivity contribution in [2.24, 2.45) is 0 Å². The van der Waals surface area contributed by atoms with Gasteiger partial charge < -0.3 is 10.4 Å². The highest BCUT2D eigenvalue weighted by atomic mass is 79.9. The number of amides is 1. The molecule has 2 aromatic rings. The summed E-state index contributed by atoms with van der Waals surface area (Å²) in [5, 5.41) is 12.6. The number of para-hydroxylation sites is 1. The normalized spacial score (nSPS) is 10.4. The van der Waals surface area contributed by atoms with Gasteiger partial charge in [0, 0.05) is 15.7 Å². The maximum Gasteiger partial charge on any atom is 0.256 e. The van der Waals surface area contributed by atoms with Gasteiger partial charge in [0.1, 0.15) is 0 Å². The van der Waals surface area contributed by atoms with Crippen LogP contribution in [0.5, 0.6) is 0 Å². The summed E-state index contributed by atoms with van der Waals surface area (Å²) in [6, 6.07) is 10.7. The number of aliphatic hydroxyl groups excluding tert-OH is 1. The van der Waals surface area contributed by atoms with E-state index in [1.807, 2.05) is 31.2 Å². The highest BCUT2D eigenvalue weighted by Gasteiger charge is 2.14. The van der Waals surface area contributed by atoms with Crippen molar-refractivity contribution < 1.29 is 9.90 Å². The molecule has 0 aliphatic carbocycles. The van der Waals surface area contributed by atoms with Crippen LogP contribution in [-0.2, 0) is 6.61 Å². The summed E-state index contributed by atoms with van der Waals surface area (Å²) < 4.78 is 0.617. The molecule has 0 saturated heterocycles. The number of nitrogens with one attached hydrogen (secondary N) is 1. The predicted molar refractivity (Wildman–Crippen MR) is 84.2 cm³/mol. The van der Waals surface area contributed by atoms with Crippen molar-refractivity contribution in [2.45, 2.75) is 13.5 Å². The lowest BCUT2D eigenvalue weighted by atomic mass is 10.1. The van der Waals surface area contributed by atoms with Crippen molar-refractivity contribution in [3.8, 4) is 0 Å². The van der Waals surface area contributed by atoms with E-state index in [2.05, 4.69) is 21.2 Å². The molecule has 0 unspecified atom stereocenters. The van der Waals surface area contributed by atoms with Gasteiger partial charge in [0.2, 0.25) is 0 Å². The van der Waals surface area contributed by atoms with Gasteiger partial charge in [0.05, 0.1) is 11.6 Å². The Morgan fingerprint density at radius 3 is 2.70 bits per heavy atom. The van der Waals surface area contributed by atoms with E-state index in [0.717, 1.165) is 11.3 Å². The van der Waals surface area contributed by atoms with E-state index in [4.69, 9.17) is 11.6 Å². The quantitative estimate of drug-likeness (QED) is 0.869. The first-order valence-corrected chi connectivity index (χ1v) is 7.15. The Kier molecular flexibility index (Phi) is 4.81. The Balaban J connectivity index is 2.34. The third kappa shape index (κ3) is 3.20. The van der Waals surface area contributed by atoms with Gasteiger partial charge in [0.15, 0.2) is 0 Å². The maximum atomic E-state index is 12.3. The molecule has 0 spiro atoms. The van der Waals surface area contributed by atoms with Gasteiger partial charge in [-0.2, -0.15) is 0 Å². The summed E-state index contributed by atoms with van der Waals surface area (Å²) in [5.74, 6) is -0.277. The highest BCUT2D eigenvalue weighted by molar-refractivity contribution is 9.10. The molecule has 5 heteroatoms. The molecule has 104 valence electrons. The van der Waals surface area contributed by atoms with E-state index in [1.165, 1.54) is 0 Å². The third-order valence-corrected chi connectivity index (χ3v) is 4.15. The molecular formula is C15H13BrClNO2. The molecule has 0 fully saturated rings. The summed E-state index contributed by atoms with van der Waals surface area (Å²) in [5.41, 5.74) is 2.60. The number of carbonyl (C=O) groups excluding carboxylic acids is 1. The molecule has 0 aliphatic rings. The van der Waals surface area contributed by atoms with Crippen LogP contribution in [0, 0.1) is 6.92 Å². The lowest BCUT2D eigenvalue weighted by molar-refractivity contribution is 0.102. The van der Waals surface area contributed by atoms with Gasteiger partial charge in [0.25, 0.3) is 5.91 Å². The average molecular weight is 355 g/mol. The smallest absolute Gasteiger partial charge is 0.256 e. The number of benzene rings is 2. The van der Waals surface area contributed by atoms with Gasteiger partial charge in [-0.25, -0.2) is 0 Å². The van der Waals surface area contributed by atoms with E-state index in [-0.39, 0.29) is 12.5 Å².